The molecular formula is C19H20N2O2S. The maximum absolute atomic E-state index is 12.3. The minimum absolute atomic E-state index is 0.0235. The van der Waals surface area contributed by atoms with Crippen molar-refractivity contribution in [2.24, 2.45) is 0 Å². The van der Waals surface area contributed by atoms with Crippen LogP contribution in [0.5, 0.6) is 0 Å². The lowest BCUT2D eigenvalue weighted by Gasteiger charge is -2.21. The Hall–Kier alpha value is -2.27. The Labute approximate surface area is 146 Å². The normalized spacial score (nSPS) is 16.2. The van der Waals surface area contributed by atoms with Crippen molar-refractivity contribution < 1.29 is 9.59 Å². The van der Waals surface area contributed by atoms with Crippen LogP contribution in [0.1, 0.15) is 28.4 Å². The number of carbonyl (C=O) groups is 2. The molecule has 0 aliphatic carbocycles. The SMILES string of the molecule is Cc1ccccc1CCNC(=O)c1ccc2c(c1)NC(=O)[C@@H](C)S2. The van der Waals surface area contributed by atoms with E-state index < -0.39 is 0 Å². The van der Waals surface area contributed by atoms with Crippen LogP contribution in [0.25, 0.3) is 0 Å². The quantitative estimate of drug-likeness (QED) is 0.897. The summed E-state index contributed by atoms with van der Waals surface area (Å²) < 4.78 is 0. The van der Waals surface area contributed by atoms with E-state index in [1.807, 2.05) is 25.1 Å². The Morgan fingerprint density at radius 2 is 2.04 bits per heavy atom. The minimum Gasteiger partial charge on any atom is -0.352 e. The van der Waals surface area contributed by atoms with Gasteiger partial charge in [0.25, 0.3) is 5.91 Å². The zero-order valence-electron chi connectivity index (χ0n) is 13.8. The van der Waals surface area contributed by atoms with Crippen molar-refractivity contribution in [3.63, 3.8) is 0 Å². The van der Waals surface area contributed by atoms with Gasteiger partial charge in [0.05, 0.1) is 10.9 Å². The van der Waals surface area contributed by atoms with Gasteiger partial charge in [-0.1, -0.05) is 24.3 Å². The first-order chi connectivity index (χ1) is 11.5. The van der Waals surface area contributed by atoms with E-state index in [1.165, 1.54) is 22.9 Å². The smallest absolute Gasteiger partial charge is 0.251 e. The predicted molar refractivity (Wildman–Crippen MR) is 97.6 cm³/mol. The van der Waals surface area contributed by atoms with Gasteiger partial charge in [0, 0.05) is 17.0 Å². The molecule has 0 bridgehead atoms. The van der Waals surface area contributed by atoms with Crippen LogP contribution in [-0.4, -0.2) is 23.6 Å². The lowest BCUT2D eigenvalue weighted by molar-refractivity contribution is -0.115. The van der Waals surface area contributed by atoms with Gasteiger partial charge < -0.3 is 10.6 Å². The number of hydrogen-bond acceptors (Lipinski definition) is 3. The number of nitrogens with one attached hydrogen (secondary N) is 2. The van der Waals surface area contributed by atoms with Crippen LogP contribution in [-0.2, 0) is 11.2 Å². The number of rotatable bonds is 4. The summed E-state index contributed by atoms with van der Waals surface area (Å²) in [7, 11) is 0. The fraction of sp³-hybridized carbons (Fsp3) is 0.263. The molecule has 1 atom stereocenters. The number of amides is 2. The number of hydrogen-bond donors (Lipinski definition) is 2. The highest BCUT2D eigenvalue weighted by atomic mass is 32.2. The molecule has 0 unspecified atom stereocenters. The molecule has 1 heterocycles. The van der Waals surface area contributed by atoms with E-state index in [2.05, 4.69) is 29.7 Å². The molecule has 1 aliphatic rings. The van der Waals surface area contributed by atoms with Crippen molar-refractivity contribution in [2.45, 2.75) is 30.4 Å². The molecule has 1 aliphatic heterocycles. The predicted octanol–water partition coefficient (Wildman–Crippen LogP) is 3.40. The first-order valence-electron chi connectivity index (χ1n) is 7.99. The molecule has 2 aromatic rings. The fourth-order valence-electron chi connectivity index (χ4n) is 2.65. The second-order valence-electron chi connectivity index (χ2n) is 5.89. The first kappa shape index (κ1) is 16.6. The van der Waals surface area contributed by atoms with Gasteiger partial charge in [-0.2, -0.15) is 0 Å². The molecular weight excluding hydrogens is 320 g/mol. The zero-order valence-corrected chi connectivity index (χ0v) is 14.6. The van der Waals surface area contributed by atoms with E-state index in [1.54, 1.807) is 12.1 Å². The summed E-state index contributed by atoms with van der Waals surface area (Å²) in [6.45, 7) is 4.52. The monoisotopic (exact) mass is 340 g/mol. The second kappa shape index (κ2) is 7.09. The lowest BCUT2D eigenvalue weighted by atomic mass is 10.1. The van der Waals surface area contributed by atoms with Crippen LogP contribution >= 0.6 is 11.8 Å². The topological polar surface area (TPSA) is 58.2 Å². The van der Waals surface area contributed by atoms with Crippen LogP contribution < -0.4 is 10.6 Å². The highest BCUT2D eigenvalue weighted by Crippen LogP contribution is 2.35. The number of anilines is 1. The zero-order chi connectivity index (χ0) is 17.1. The van der Waals surface area contributed by atoms with Gasteiger partial charge in [-0.05, 0) is 49.6 Å². The molecule has 4 nitrogen and oxygen atoms in total. The molecule has 124 valence electrons. The summed E-state index contributed by atoms with van der Waals surface area (Å²) in [5, 5.41) is 5.69. The fourth-order valence-corrected chi connectivity index (χ4v) is 3.58. The lowest BCUT2D eigenvalue weighted by Crippen LogP contribution is -2.28. The molecule has 0 radical (unpaired) electrons. The van der Waals surface area contributed by atoms with Gasteiger partial charge in [0.2, 0.25) is 5.91 Å². The van der Waals surface area contributed by atoms with E-state index in [4.69, 9.17) is 0 Å². The van der Waals surface area contributed by atoms with Crippen LogP contribution in [0, 0.1) is 6.92 Å². The Morgan fingerprint density at radius 3 is 2.83 bits per heavy atom. The molecule has 2 amide bonds. The Bertz CT molecular complexity index is 789. The summed E-state index contributed by atoms with van der Waals surface area (Å²) in [4.78, 5) is 25.1. The van der Waals surface area contributed by atoms with Gasteiger partial charge in [0.1, 0.15) is 0 Å². The average molecular weight is 340 g/mol. The van der Waals surface area contributed by atoms with E-state index in [0.29, 0.717) is 12.1 Å². The second-order valence-corrected chi connectivity index (χ2v) is 7.28. The Morgan fingerprint density at radius 1 is 1.25 bits per heavy atom. The molecule has 2 aromatic carbocycles. The molecule has 24 heavy (non-hydrogen) atoms. The number of fused-ring (bicyclic) bond motifs is 1. The maximum Gasteiger partial charge on any atom is 0.251 e. The average Bonchev–Trinajstić information content (AvgIpc) is 2.57. The van der Waals surface area contributed by atoms with Crippen LogP contribution in [0.3, 0.4) is 0 Å². The summed E-state index contributed by atoms with van der Waals surface area (Å²) in [6, 6.07) is 13.6. The molecule has 0 saturated carbocycles. The van der Waals surface area contributed by atoms with Crippen molar-refractivity contribution in [3.8, 4) is 0 Å². The van der Waals surface area contributed by atoms with E-state index in [-0.39, 0.29) is 17.1 Å². The van der Waals surface area contributed by atoms with E-state index in [9.17, 15) is 9.59 Å². The van der Waals surface area contributed by atoms with Crippen LogP contribution in [0.4, 0.5) is 5.69 Å². The Kier molecular flexibility index (Phi) is 4.90. The number of carbonyl (C=O) groups excluding carboxylic acids is 2. The number of aryl methyl sites for hydroxylation is 1. The molecule has 5 heteroatoms. The van der Waals surface area contributed by atoms with Crippen molar-refractivity contribution in [1.29, 1.82) is 0 Å². The third-order valence-corrected chi connectivity index (χ3v) is 5.29. The van der Waals surface area contributed by atoms with Crippen LogP contribution in [0.2, 0.25) is 0 Å². The largest absolute Gasteiger partial charge is 0.352 e. The molecule has 3 rings (SSSR count). The highest BCUT2D eigenvalue weighted by Gasteiger charge is 2.23. The summed E-state index contributed by atoms with van der Waals surface area (Å²) in [5.74, 6) is -0.145. The molecule has 0 aromatic heterocycles. The van der Waals surface area contributed by atoms with Crippen molar-refractivity contribution in [3.05, 3.63) is 59.2 Å². The standard InChI is InChI=1S/C19H20N2O2S/c1-12-5-3-4-6-14(12)9-10-20-19(23)15-7-8-17-16(11-15)21-18(22)13(2)24-17/h3-8,11,13H,9-10H2,1-2H3,(H,20,23)(H,21,22)/t13-/m1/s1. The van der Waals surface area contributed by atoms with Crippen LogP contribution in [0.15, 0.2) is 47.4 Å². The van der Waals surface area contributed by atoms with Gasteiger partial charge in [0.15, 0.2) is 0 Å². The molecule has 2 N–H and O–H groups in total. The third-order valence-electron chi connectivity index (χ3n) is 4.11. The van der Waals surface area contributed by atoms with Gasteiger partial charge in [-0.3, -0.25) is 9.59 Å². The number of benzene rings is 2. The maximum atomic E-state index is 12.3. The minimum atomic E-state index is -0.121. The van der Waals surface area contributed by atoms with Gasteiger partial charge in [-0.15, -0.1) is 11.8 Å². The molecule has 0 fully saturated rings. The highest BCUT2D eigenvalue weighted by molar-refractivity contribution is 8.00. The first-order valence-corrected chi connectivity index (χ1v) is 8.87. The van der Waals surface area contributed by atoms with Gasteiger partial charge in [-0.25, -0.2) is 0 Å². The van der Waals surface area contributed by atoms with Crippen molar-refractivity contribution >= 4 is 29.3 Å². The summed E-state index contributed by atoms with van der Waals surface area (Å²) >= 11 is 1.51. The van der Waals surface area contributed by atoms with E-state index in [0.717, 1.165) is 17.0 Å². The molecule has 0 saturated heterocycles. The van der Waals surface area contributed by atoms with E-state index >= 15 is 0 Å². The Balaban J connectivity index is 1.63. The third kappa shape index (κ3) is 3.62. The molecule has 0 spiro atoms. The number of thioether (sulfide) groups is 1. The van der Waals surface area contributed by atoms with Crippen molar-refractivity contribution in [1.82, 2.24) is 5.32 Å². The summed E-state index contributed by atoms with van der Waals surface area (Å²) in [6.07, 6.45) is 0.799. The van der Waals surface area contributed by atoms with Crippen molar-refractivity contribution in [2.75, 3.05) is 11.9 Å². The van der Waals surface area contributed by atoms with Gasteiger partial charge >= 0.3 is 0 Å². The summed E-state index contributed by atoms with van der Waals surface area (Å²) in [5.41, 5.74) is 3.75.